The van der Waals surface area contributed by atoms with Crippen LogP contribution in [0.5, 0.6) is 0 Å². The maximum atomic E-state index is 4.91. The molecule has 0 aromatic carbocycles. The summed E-state index contributed by atoms with van der Waals surface area (Å²) in [5.74, 6) is 1.86. The number of aromatic nitrogens is 2. The van der Waals surface area contributed by atoms with E-state index in [2.05, 4.69) is 50.9 Å². The zero-order chi connectivity index (χ0) is 17.6. The molecule has 1 aliphatic carbocycles. The molecule has 0 radical (unpaired) electrons. The molecule has 1 unspecified atom stereocenters. The fourth-order valence-electron chi connectivity index (χ4n) is 3.19. The Morgan fingerprint density at radius 2 is 1.96 bits per heavy atom. The fourth-order valence-corrected chi connectivity index (χ4v) is 3.19. The van der Waals surface area contributed by atoms with Crippen LogP contribution in [-0.2, 0) is 0 Å². The average molecular weight is 345 g/mol. The molecule has 0 bridgehead atoms. The molecule has 1 aliphatic heterocycles. The van der Waals surface area contributed by atoms with Crippen LogP contribution in [0.25, 0.3) is 0 Å². The van der Waals surface area contributed by atoms with Crippen LogP contribution in [-0.4, -0.2) is 84.1 Å². The molecule has 1 aromatic rings. The lowest BCUT2D eigenvalue weighted by Gasteiger charge is -2.36. The van der Waals surface area contributed by atoms with Crippen LogP contribution in [0.1, 0.15) is 26.7 Å². The van der Waals surface area contributed by atoms with Crippen LogP contribution in [0, 0.1) is 0 Å². The van der Waals surface area contributed by atoms with Crippen LogP contribution >= 0.6 is 0 Å². The lowest BCUT2D eigenvalue weighted by molar-refractivity contribution is 0.252. The minimum absolute atomic E-state index is 0.486. The van der Waals surface area contributed by atoms with Crippen molar-refractivity contribution in [1.29, 1.82) is 0 Å². The summed E-state index contributed by atoms with van der Waals surface area (Å²) < 4.78 is 0. The van der Waals surface area contributed by atoms with E-state index in [-0.39, 0.29) is 0 Å². The van der Waals surface area contributed by atoms with Crippen molar-refractivity contribution in [3.63, 3.8) is 0 Å². The molecule has 25 heavy (non-hydrogen) atoms. The van der Waals surface area contributed by atoms with Crippen LogP contribution < -0.4 is 10.2 Å². The van der Waals surface area contributed by atoms with E-state index in [1.54, 1.807) is 12.4 Å². The quantitative estimate of drug-likeness (QED) is 0.614. The number of hydrogen-bond donors (Lipinski definition) is 1. The highest BCUT2D eigenvalue weighted by Crippen LogP contribution is 2.26. The van der Waals surface area contributed by atoms with E-state index >= 15 is 0 Å². The average Bonchev–Trinajstić information content (AvgIpc) is 3.50. The van der Waals surface area contributed by atoms with Gasteiger partial charge in [-0.3, -0.25) is 9.89 Å². The number of nitrogens with zero attached hydrogens (tertiary/aromatic N) is 6. The highest BCUT2D eigenvalue weighted by atomic mass is 15.4. The van der Waals surface area contributed by atoms with Crippen LogP contribution in [0.15, 0.2) is 23.5 Å². The first-order valence-electron chi connectivity index (χ1n) is 9.46. The Kier molecular flexibility index (Phi) is 6.07. The smallest absolute Gasteiger partial charge is 0.225 e. The molecule has 1 atom stereocenters. The van der Waals surface area contributed by atoms with Gasteiger partial charge in [-0.15, -0.1) is 0 Å². The molecule has 3 rings (SSSR count). The van der Waals surface area contributed by atoms with Gasteiger partial charge in [0.15, 0.2) is 5.96 Å². The van der Waals surface area contributed by atoms with Crippen molar-refractivity contribution in [1.82, 2.24) is 25.1 Å². The highest BCUT2D eigenvalue weighted by molar-refractivity contribution is 5.80. The number of rotatable bonds is 6. The van der Waals surface area contributed by atoms with Gasteiger partial charge in [0.1, 0.15) is 0 Å². The van der Waals surface area contributed by atoms with Crippen LogP contribution in [0.2, 0.25) is 0 Å². The van der Waals surface area contributed by atoms with Gasteiger partial charge in [-0.1, -0.05) is 0 Å². The van der Waals surface area contributed by atoms with Crippen molar-refractivity contribution in [2.24, 2.45) is 4.99 Å². The van der Waals surface area contributed by atoms with Crippen molar-refractivity contribution < 1.29 is 0 Å². The van der Waals surface area contributed by atoms with E-state index in [1.165, 1.54) is 12.8 Å². The zero-order valence-corrected chi connectivity index (χ0v) is 15.7. The van der Waals surface area contributed by atoms with E-state index < -0.39 is 0 Å². The van der Waals surface area contributed by atoms with Gasteiger partial charge in [-0.25, -0.2) is 9.97 Å². The number of aliphatic imine (C=N–C) groups is 1. The van der Waals surface area contributed by atoms with Gasteiger partial charge in [0, 0.05) is 57.2 Å². The number of likely N-dealkylation sites (N-methyl/N-ethyl adjacent to an activating group) is 1. The van der Waals surface area contributed by atoms with E-state index in [4.69, 9.17) is 4.99 Å². The fraction of sp³-hybridized carbons (Fsp3) is 0.722. The van der Waals surface area contributed by atoms with E-state index in [0.29, 0.717) is 6.04 Å². The summed E-state index contributed by atoms with van der Waals surface area (Å²) >= 11 is 0. The van der Waals surface area contributed by atoms with Crippen molar-refractivity contribution >= 4 is 11.9 Å². The monoisotopic (exact) mass is 345 g/mol. The summed E-state index contributed by atoms with van der Waals surface area (Å²) in [5.41, 5.74) is 0. The number of hydrogen-bond acceptors (Lipinski definition) is 5. The van der Waals surface area contributed by atoms with Crippen molar-refractivity contribution in [3.05, 3.63) is 18.5 Å². The summed E-state index contributed by atoms with van der Waals surface area (Å²) in [7, 11) is 2.23. The Labute approximate surface area is 151 Å². The van der Waals surface area contributed by atoms with E-state index in [0.717, 1.165) is 57.2 Å². The molecule has 7 nitrogen and oxygen atoms in total. The van der Waals surface area contributed by atoms with Crippen LogP contribution in [0.4, 0.5) is 5.95 Å². The Hall–Kier alpha value is -1.89. The maximum Gasteiger partial charge on any atom is 0.225 e. The number of anilines is 1. The molecule has 0 spiro atoms. The molecule has 2 aliphatic rings. The molecule has 1 N–H and O–H groups in total. The second-order valence-corrected chi connectivity index (χ2v) is 6.96. The summed E-state index contributed by atoms with van der Waals surface area (Å²) in [5, 5.41) is 3.45. The van der Waals surface area contributed by atoms with Gasteiger partial charge in [-0.05, 0) is 39.8 Å². The first kappa shape index (κ1) is 17.9. The largest absolute Gasteiger partial charge is 0.357 e. The summed E-state index contributed by atoms with van der Waals surface area (Å²) in [6.07, 6.45) is 6.29. The predicted molar refractivity (Wildman–Crippen MR) is 102 cm³/mol. The normalized spacial score (nSPS) is 20.1. The van der Waals surface area contributed by atoms with Gasteiger partial charge in [-0.2, -0.15) is 0 Å². The maximum absolute atomic E-state index is 4.91. The Bertz CT molecular complexity index is 550. The molecule has 1 saturated carbocycles. The lowest BCUT2D eigenvalue weighted by atomic mass is 10.3. The van der Waals surface area contributed by atoms with Gasteiger partial charge in [0.05, 0.1) is 6.54 Å². The standard InChI is InChI=1S/C18H31N7/c1-4-19-17(22-14-15(2)23(3)16-6-7-16)24-10-12-25(13-11-24)18-20-8-5-9-21-18/h5,8-9,15-16H,4,6-7,10-14H2,1-3H3,(H,19,22). The Balaban J connectivity index is 1.55. The SMILES string of the molecule is CCNC(=NCC(C)N(C)C1CC1)N1CCN(c2ncccn2)CC1. The second kappa shape index (κ2) is 8.47. The molecule has 2 heterocycles. The third kappa shape index (κ3) is 4.81. The minimum Gasteiger partial charge on any atom is -0.357 e. The second-order valence-electron chi connectivity index (χ2n) is 6.96. The molecular formula is C18H31N7. The molecule has 2 fully saturated rings. The van der Waals surface area contributed by atoms with Crippen molar-refractivity contribution in [3.8, 4) is 0 Å². The molecule has 1 saturated heterocycles. The van der Waals surface area contributed by atoms with E-state index in [9.17, 15) is 0 Å². The van der Waals surface area contributed by atoms with Gasteiger partial charge >= 0.3 is 0 Å². The van der Waals surface area contributed by atoms with Crippen molar-refractivity contribution in [2.45, 2.75) is 38.8 Å². The molecule has 138 valence electrons. The molecule has 0 amide bonds. The number of guanidine groups is 1. The third-order valence-electron chi connectivity index (χ3n) is 5.07. The van der Waals surface area contributed by atoms with Gasteiger partial charge in [0.25, 0.3) is 0 Å². The number of piperazine rings is 1. The molecular weight excluding hydrogens is 314 g/mol. The Morgan fingerprint density at radius 1 is 1.28 bits per heavy atom. The zero-order valence-electron chi connectivity index (χ0n) is 15.7. The first-order chi connectivity index (χ1) is 12.2. The molecule has 7 heteroatoms. The topological polar surface area (TPSA) is 59.9 Å². The summed E-state index contributed by atoms with van der Waals surface area (Å²) in [6, 6.07) is 3.12. The van der Waals surface area contributed by atoms with Gasteiger partial charge in [0.2, 0.25) is 5.95 Å². The Morgan fingerprint density at radius 3 is 2.56 bits per heavy atom. The summed E-state index contributed by atoms with van der Waals surface area (Å²) in [6.45, 7) is 9.87. The van der Waals surface area contributed by atoms with E-state index in [1.807, 2.05) is 6.07 Å². The minimum atomic E-state index is 0.486. The molecule has 1 aromatic heterocycles. The van der Waals surface area contributed by atoms with Crippen LogP contribution in [0.3, 0.4) is 0 Å². The third-order valence-corrected chi connectivity index (χ3v) is 5.07. The lowest BCUT2D eigenvalue weighted by Crippen LogP contribution is -2.53. The highest BCUT2D eigenvalue weighted by Gasteiger charge is 2.29. The summed E-state index contributed by atoms with van der Waals surface area (Å²) in [4.78, 5) is 20.7. The predicted octanol–water partition coefficient (Wildman–Crippen LogP) is 1.05. The first-order valence-corrected chi connectivity index (χ1v) is 9.46. The number of nitrogens with one attached hydrogen (secondary N) is 1. The van der Waals surface area contributed by atoms with Crippen molar-refractivity contribution in [2.75, 3.05) is 51.2 Å². The van der Waals surface area contributed by atoms with Gasteiger partial charge < -0.3 is 15.1 Å².